The third-order valence-electron chi connectivity index (χ3n) is 5.78. The quantitative estimate of drug-likeness (QED) is 0.312. The Hall–Kier alpha value is -2.59. The molecule has 2 aromatic carbocycles. The maximum absolute atomic E-state index is 13.7. The van der Waals surface area contributed by atoms with Crippen molar-refractivity contribution in [1.82, 2.24) is 9.29 Å². The Balaban J connectivity index is 2.30. The van der Waals surface area contributed by atoms with Crippen LogP contribution in [-0.2, 0) is 22.6 Å². The summed E-state index contributed by atoms with van der Waals surface area (Å²) in [5.41, 5.74) is 2.76. The fourth-order valence-electron chi connectivity index (χ4n) is 3.71. The van der Waals surface area contributed by atoms with Gasteiger partial charge in [-0.15, -0.1) is 0 Å². The number of ketones is 1. The van der Waals surface area contributed by atoms with Crippen molar-refractivity contribution in [3.05, 3.63) is 86.3 Å². The maximum Gasteiger partial charge on any atom is 0.250 e. The second-order valence-electron chi connectivity index (χ2n) is 8.18. The van der Waals surface area contributed by atoms with E-state index in [0.717, 1.165) is 0 Å². The molecule has 0 aliphatic heterocycles. The first kappa shape index (κ1) is 27.0. The number of nitrogens with one attached hydrogen (secondary N) is 1. The number of ether oxygens (including phenoxy) is 1. The Morgan fingerprint density at radius 3 is 2.51 bits per heavy atom. The zero-order valence-corrected chi connectivity index (χ0v) is 22.3. The van der Waals surface area contributed by atoms with Gasteiger partial charge < -0.3 is 9.30 Å². The molecular formula is C25H27ClN2O5S2. The van der Waals surface area contributed by atoms with Gasteiger partial charge in [-0.3, -0.25) is 14.3 Å². The fourth-order valence-corrected chi connectivity index (χ4v) is 4.94. The molecule has 0 aliphatic rings. The van der Waals surface area contributed by atoms with Gasteiger partial charge >= 0.3 is 0 Å². The molecule has 1 atom stereocenters. The van der Waals surface area contributed by atoms with E-state index < -0.39 is 9.84 Å². The molecule has 0 radical (unpaired) electrons. The van der Waals surface area contributed by atoms with Crippen LogP contribution >= 0.6 is 24.4 Å². The zero-order chi connectivity index (χ0) is 25.9. The van der Waals surface area contributed by atoms with E-state index in [1.807, 2.05) is 6.92 Å². The molecule has 3 aromatic rings. The summed E-state index contributed by atoms with van der Waals surface area (Å²) in [6, 6.07) is 10.9. The van der Waals surface area contributed by atoms with Gasteiger partial charge in [0.15, 0.2) is 15.6 Å². The minimum absolute atomic E-state index is 0.000714. The summed E-state index contributed by atoms with van der Waals surface area (Å²) in [5, 5.41) is 0.374. The van der Waals surface area contributed by atoms with E-state index in [-0.39, 0.29) is 28.9 Å². The molecule has 0 unspecified atom stereocenters. The summed E-state index contributed by atoms with van der Waals surface area (Å²) in [6.07, 6.45) is 1.64. The number of aryl methyl sites for hydroxylation is 1. The van der Waals surface area contributed by atoms with Gasteiger partial charge in [-0.05, 0) is 47.9 Å². The van der Waals surface area contributed by atoms with Crippen molar-refractivity contribution in [2.75, 3.05) is 12.9 Å². The van der Waals surface area contributed by atoms with Crippen molar-refractivity contribution >= 4 is 40.0 Å². The lowest BCUT2D eigenvalue weighted by atomic mass is 9.89. The standard InChI is InChI=1S/C25H27ClN2O5S2/c1-5-35(31,32)14-16-6-8-18(25(30)17-7-9-22(26)23(11-17)33-4)20(10-16)21-13-28(3)24(29)12-19(21)15(2)27-34/h6-13,15,27,34H,5,14H2,1-4H3/t15-/m0/s1. The second-order valence-corrected chi connectivity index (χ2v) is 11.2. The van der Waals surface area contributed by atoms with Crippen LogP contribution in [0.15, 0.2) is 53.5 Å². The number of carbonyl (C=O) groups excluding carboxylic acids is 1. The number of aromatic nitrogens is 1. The van der Waals surface area contributed by atoms with Gasteiger partial charge in [0.05, 0.1) is 17.9 Å². The largest absolute Gasteiger partial charge is 0.495 e. The number of halogens is 1. The SMILES string of the molecule is CCS(=O)(=O)Cc1ccc(C(=O)c2ccc(Cl)c(OC)c2)c(-c2cn(C)c(=O)cc2[C@H](C)NS)c1. The van der Waals surface area contributed by atoms with Crippen LogP contribution in [0.4, 0.5) is 0 Å². The molecule has 186 valence electrons. The van der Waals surface area contributed by atoms with Gasteiger partial charge in [0.25, 0.3) is 5.56 Å². The number of pyridine rings is 1. The third kappa shape index (κ3) is 5.98. The Bertz CT molecular complexity index is 1430. The van der Waals surface area contributed by atoms with Crippen molar-refractivity contribution in [2.24, 2.45) is 7.05 Å². The lowest BCUT2D eigenvalue weighted by Gasteiger charge is -2.19. The van der Waals surface area contributed by atoms with Crippen molar-refractivity contribution in [3.8, 4) is 16.9 Å². The first-order chi connectivity index (χ1) is 16.5. The lowest BCUT2D eigenvalue weighted by molar-refractivity contribution is 0.103. The van der Waals surface area contributed by atoms with Crippen molar-refractivity contribution in [1.29, 1.82) is 0 Å². The van der Waals surface area contributed by atoms with Crippen LogP contribution < -0.4 is 15.0 Å². The average Bonchev–Trinajstić information content (AvgIpc) is 2.84. The van der Waals surface area contributed by atoms with Crippen LogP contribution in [0.3, 0.4) is 0 Å². The summed E-state index contributed by atoms with van der Waals surface area (Å²) >= 11 is 10.3. The minimum Gasteiger partial charge on any atom is -0.495 e. The first-order valence-electron chi connectivity index (χ1n) is 10.8. The number of hydrogen-bond donors (Lipinski definition) is 2. The predicted molar refractivity (Wildman–Crippen MR) is 142 cm³/mol. The summed E-state index contributed by atoms with van der Waals surface area (Å²) < 4.78 is 34.2. The fraction of sp³-hybridized carbons (Fsp3) is 0.280. The Morgan fingerprint density at radius 1 is 1.17 bits per heavy atom. The zero-order valence-electron chi connectivity index (χ0n) is 19.8. The molecule has 1 aromatic heterocycles. The number of benzene rings is 2. The number of thiol groups is 1. The number of rotatable bonds is 9. The van der Waals surface area contributed by atoms with E-state index in [4.69, 9.17) is 16.3 Å². The Morgan fingerprint density at radius 2 is 1.89 bits per heavy atom. The molecule has 35 heavy (non-hydrogen) atoms. The van der Waals surface area contributed by atoms with E-state index in [9.17, 15) is 18.0 Å². The van der Waals surface area contributed by atoms with E-state index >= 15 is 0 Å². The van der Waals surface area contributed by atoms with Crippen LogP contribution in [-0.4, -0.2) is 31.6 Å². The van der Waals surface area contributed by atoms with Crippen LogP contribution in [0.5, 0.6) is 5.75 Å². The molecule has 0 fully saturated rings. The van der Waals surface area contributed by atoms with Gasteiger partial charge in [0.2, 0.25) is 0 Å². The molecule has 0 saturated carbocycles. The number of hydrogen-bond acceptors (Lipinski definition) is 7. The highest BCUT2D eigenvalue weighted by atomic mass is 35.5. The number of methoxy groups -OCH3 is 1. The Kier molecular flexibility index (Phi) is 8.48. The number of carbonyl (C=O) groups is 1. The van der Waals surface area contributed by atoms with Crippen LogP contribution in [0, 0.1) is 0 Å². The second kappa shape index (κ2) is 11.0. The highest BCUT2D eigenvalue weighted by Gasteiger charge is 2.22. The molecule has 10 heteroatoms. The smallest absolute Gasteiger partial charge is 0.250 e. The topological polar surface area (TPSA) is 94.5 Å². The summed E-state index contributed by atoms with van der Waals surface area (Å²) in [5.74, 6) is -0.105. The van der Waals surface area contributed by atoms with Gasteiger partial charge in [0.1, 0.15) is 5.75 Å². The Labute approximate surface area is 215 Å². The normalized spacial score (nSPS) is 12.4. The monoisotopic (exact) mass is 534 g/mol. The molecule has 0 saturated heterocycles. The van der Waals surface area contributed by atoms with Crippen LogP contribution in [0.1, 0.15) is 46.9 Å². The van der Waals surface area contributed by atoms with Gasteiger partial charge in [0, 0.05) is 47.8 Å². The highest BCUT2D eigenvalue weighted by Crippen LogP contribution is 2.34. The van der Waals surface area contributed by atoms with E-state index in [2.05, 4.69) is 17.5 Å². The lowest BCUT2D eigenvalue weighted by Crippen LogP contribution is -2.20. The van der Waals surface area contributed by atoms with Crippen molar-refractivity contribution in [3.63, 3.8) is 0 Å². The maximum atomic E-state index is 13.7. The molecule has 3 rings (SSSR count). The van der Waals surface area contributed by atoms with Crippen LogP contribution in [0.25, 0.3) is 11.1 Å². The van der Waals surface area contributed by atoms with E-state index in [1.165, 1.54) is 17.7 Å². The summed E-state index contributed by atoms with van der Waals surface area (Å²) in [4.78, 5) is 26.1. The molecule has 0 spiro atoms. The summed E-state index contributed by atoms with van der Waals surface area (Å²) in [6.45, 7) is 3.43. The first-order valence-corrected chi connectivity index (χ1v) is 13.5. The molecular weight excluding hydrogens is 508 g/mol. The minimum atomic E-state index is -3.31. The molecule has 0 amide bonds. The van der Waals surface area contributed by atoms with Gasteiger partial charge in [-0.2, -0.15) is 0 Å². The van der Waals surface area contributed by atoms with Gasteiger partial charge in [-0.1, -0.05) is 43.5 Å². The predicted octanol–water partition coefficient (Wildman–Crippen LogP) is 4.38. The number of sulfone groups is 1. The summed E-state index contributed by atoms with van der Waals surface area (Å²) in [7, 11) is -0.231. The van der Waals surface area contributed by atoms with Crippen molar-refractivity contribution < 1.29 is 17.9 Å². The van der Waals surface area contributed by atoms with Crippen molar-refractivity contribution in [2.45, 2.75) is 25.6 Å². The molecule has 1 N–H and O–H groups in total. The number of nitrogens with zero attached hydrogens (tertiary/aromatic N) is 1. The van der Waals surface area contributed by atoms with E-state index in [0.29, 0.717) is 44.2 Å². The molecule has 0 aliphatic carbocycles. The highest BCUT2D eigenvalue weighted by molar-refractivity contribution is 7.90. The third-order valence-corrected chi connectivity index (χ3v) is 8.13. The average molecular weight is 535 g/mol. The molecule has 0 bridgehead atoms. The van der Waals surface area contributed by atoms with Crippen LogP contribution in [0.2, 0.25) is 5.02 Å². The van der Waals surface area contributed by atoms with E-state index in [1.54, 1.807) is 56.6 Å². The van der Waals surface area contributed by atoms with Gasteiger partial charge in [-0.25, -0.2) is 8.42 Å². The molecule has 1 heterocycles. The molecule has 7 nitrogen and oxygen atoms in total.